The number of aryl methyl sites for hydroxylation is 1. The molecule has 0 amide bonds. The number of fused-ring (bicyclic) bond motifs is 3. The predicted octanol–water partition coefficient (Wildman–Crippen LogP) is 2.98. The quantitative estimate of drug-likeness (QED) is 0.909. The zero-order valence-electron chi connectivity index (χ0n) is 11.9. The smallest absolute Gasteiger partial charge is 0.215 e. The Hall–Kier alpha value is -1.09. The number of methoxy groups -OCH3 is 1. The van der Waals surface area contributed by atoms with Crippen molar-refractivity contribution < 1.29 is 9.84 Å². The molecule has 4 rings (SSSR count). The van der Waals surface area contributed by atoms with Gasteiger partial charge in [-0.25, -0.2) is 4.98 Å². The molecule has 0 unspecified atom stereocenters. The van der Waals surface area contributed by atoms with Crippen LogP contribution in [0.25, 0.3) is 0 Å². The van der Waals surface area contributed by atoms with Gasteiger partial charge in [0.05, 0.1) is 7.11 Å². The van der Waals surface area contributed by atoms with Crippen molar-refractivity contribution >= 4 is 0 Å². The molecule has 3 aliphatic carbocycles. The van der Waals surface area contributed by atoms with Crippen molar-refractivity contribution in [3.63, 3.8) is 0 Å². The Morgan fingerprint density at radius 1 is 1.21 bits per heavy atom. The minimum atomic E-state index is 0.233. The summed E-state index contributed by atoms with van der Waals surface area (Å²) < 4.78 is 5.25. The van der Waals surface area contributed by atoms with Crippen LogP contribution in [0.4, 0.5) is 0 Å². The van der Waals surface area contributed by atoms with Crippen LogP contribution in [0.1, 0.15) is 49.7 Å². The summed E-state index contributed by atoms with van der Waals surface area (Å²) in [6.07, 6.45) is 9.07. The third-order valence-corrected chi connectivity index (χ3v) is 5.57. The van der Waals surface area contributed by atoms with E-state index in [1.807, 2.05) is 6.20 Å². The average molecular weight is 261 g/mol. The average Bonchev–Trinajstić information content (AvgIpc) is 2.49. The summed E-state index contributed by atoms with van der Waals surface area (Å²) in [6, 6.07) is 2.25. The Bertz CT molecular complexity index is 459. The van der Waals surface area contributed by atoms with Gasteiger partial charge in [0.2, 0.25) is 5.88 Å². The van der Waals surface area contributed by atoms with Crippen molar-refractivity contribution in [2.45, 2.75) is 50.9 Å². The highest BCUT2D eigenvalue weighted by Gasteiger charge is 2.49. The summed E-state index contributed by atoms with van der Waals surface area (Å²) in [4.78, 5) is 4.45. The van der Waals surface area contributed by atoms with Crippen LogP contribution in [-0.4, -0.2) is 23.8 Å². The summed E-state index contributed by atoms with van der Waals surface area (Å²) in [7, 11) is 1.67. The second-order valence-electron chi connectivity index (χ2n) is 6.49. The summed E-state index contributed by atoms with van der Waals surface area (Å²) in [5.41, 5.74) is 3.04. The van der Waals surface area contributed by atoms with Crippen molar-refractivity contribution in [2.24, 2.45) is 5.41 Å². The van der Waals surface area contributed by atoms with Gasteiger partial charge in [0, 0.05) is 18.4 Å². The molecule has 0 aliphatic heterocycles. The van der Waals surface area contributed by atoms with E-state index >= 15 is 0 Å². The SMILES string of the molecule is COc1ncc(C23CCC(CO)(CC2)CC3)cc1C. The summed E-state index contributed by atoms with van der Waals surface area (Å²) in [5, 5.41) is 9.60. The first-order valence-corrected chi connectivity index (χ1v) is 7.25. The summed E-state index contributed by atoms with van der Waals surface area (Å²) >= 11 is 0. The number of pyridine rings is 1. The van der Waals surface area contributed by atoms with Gasteiger partial charge in [-0.15, -0.1) is 0 Å². The van der Waals surface area contributed by atoms with E-state index in [-0.39, 0.29) is 5.41 Å². The summed E-state index contributed by atoms with van der Waals surface area (Å²) in [6.45, 7) is 2.43. The molecule has 3 aliphatic rings. The van der Waals surface area contributed by atoms with Crippen LogP contribution >= 0.6 is 0 Å². The Kier molecular flexibility index (Phi) is 3.05. The van der Waals surface area contributed by atoms with Crippen LogP contribution in [0.15, 0.2) is 12.3 Å². The molecule has 104 valence electrons. The van der Waals surface area contributed by atoms with E-state index in [1.54, 1.807) is 7.11 Å². The van der Waals surface area contributed by atoms with Gasteiger partial charge in [-0.05, 0) is 67.9 Å². The first-order valence-electron chi connectivity index (χ1n) is 7.25. The molecule has 0 radical (unpaired) electrons. The van der Waals surface area contributed by atoms with Crippen molar-refractivity contribution in [2.75, 3.05) is 13.7 Å². The van der Waals surface area contributed by atoms with Crippen LogP contribution < -0.4 is 4.74 Å². The molecule has 0 aromatic carbocycles. The van der Waals surface area contributed by atoms with Crippen LogP contribution in [0.3, 0.4) is 0 Å². The number of hydrogen-bond acceptors (Lipinski definition) is 3. The first kappa shape index (κ1) is 12.9. The lowest BCUT2D eigenvalue weighted by Gasteiger charge is -2.53. The topological polar surface area (TPSA) is 42.4 Å². The molecular weight excluding hydrogens is 238 g/mol. The number of rotatable bonds is 3. The highest BCUT2D eigenvalue weighted by Crippen LogP contribution is 2.57. The number of ether oxygens (including phenoxy) is 1. The second-order valence-corrected chi connectivity index (χ2v) is 6.49. The van der Waals surface area contributed by atoms with Gasteiger partial charge >= 0.3 is 0 Å². The minimum absolute atomic E-state index is 0.233. The van der Waals surface area contributed by atoms with Crippen molar-refractivity contribution in [1.82, 2.24) is 4.98 Å². The highest BCUT2D eigenvalue weighted by molar-refractivity contribution is 5.34. The number of aliphatic hydroxyl groups excluding tert-OH is 1. The number of aliphatic hydroxyl groups is 1. The Labute approximate surface area is 115 Å². The molecule has 3 nitrogen and oxygen atoms in total. The molecule has 1 heterocycles. The van der Waals surface area contributed by atoms with Gasteiger partial charge in [-0.2, -0.15) is 0 Å². The maximum atomic E-state index is 9.60. The Morgan fingerprint density at radius 2 is 1.84 bits per heavy atom. The molecule has 3 fully saturated rings. The largest absolute Gasteiger partial charge is 0.481 e. The Morgan fingerprint density at radius 3 is 2.32 bits per heavy atom. The zero-order valence-corrected chi connectivity index (χ0v) is 11.9. The molecular formula is C16H23NO2. The number of nitrogens with zero attached hydrogens (tertiary/aromatic N) is 1. The first-order chi connectivity index (χ1) is 9.13. The van der Waals surface area contributed by atoms with Crippen LogP contribution in [0, 0.1) is 12.3 Å². The lowest BCUT2D eigenvalue weighted by Crippen LogP contribution is -2.45. The fraction of sp³-hybridized carbons (Fsp3) is 0.688. The number of aromatic nitrogens is 1. The normalized spacial score (nSPS) is 33.4. The van der Waals surface area contributed by atoms with Gasteiger partial charge in [-0.1, -0.05) is 0 Å². The molecule has 2 bridgehead atoms. The Balaban J connectivity index is 1.89. The second kappa shape index (κ2) is 4.48. The molecule has 0 saturated heterocycles. The van der Waals surface area contributed by atoms with E-state index in [9.17, 15) is 5.11 Å². The molecule has 0 spiro atoms. The van der Waals surface area contributed by atoms with E-state index < -0.39 is 0 Å². The van der Waals surface area contributed by atoms with Crippen molar-refractivity contribution in [3.05, 3.63) is 23.4 Å². The van der Waals surface area contributed by atoms with Crippen molar-refractivity contribution in [1.29, 1.82) is 0 Å². The van der Waals surface area contributed by atoms with Crippen LogP contribution in [-0.2, 0) is 5.41 Å². The van der Waals surface area contributed by atoms with E-state index in [1.165, 1.54) is 24.8 Å². The van der Waals surface area contributed by atoms with E-state index in [0.717, 1.165) is 30.7 Å². The highest BCUT2D eigenvalue weighted by atomic mass is 16.5. The molecule has 1 N–H and O–H groups in total. The van der Waals surface area contributed by atoms with E-state index in [2.05, 4.69) is 18.0 Å². The molecule has 1 aromatic heterocycles. The summed E-state index contributed by atoms with van der Waals surface area (Å²) in [5.74, 6) is 0.733. The third-order valence-electron chi connectivity index (χ3n) is 5.57. The van der Waals surface area contributed by atoms with Gasteiger partial charge in [0.1, 0.15) is 0 Å². The zero-order chi connectivity index (χ0) is 13.5. The van der Waals surface area contributed by atoms with Crippen LogP contribution in [0.5, 0.6) is 5.88 Å². The van der Waals surface area contributed by atoms with Crippen molar-refractivity contribution in [3.8, 4) is 5.88 Å². The van der Waals surface area contributed by atoms with Gasteiger partial charge in [0.15, 0.2) is 0 Å². The monoisotopic (exact) mass is 261 g/mol. The standard InChI is InChI=1S/C16H23NO2/c1-12-9-13(10-17-14(12)19-2)16-6-3-15(11-18,4-7-16)5-8-16/h9-10,18H,3-8,11H2,1-2H3. The van der Waals surface area contributed by atoms with E-state index in [4.69, 9.17) is 4.74 Å². The molecule has 3 saturated carbocycles. The fourth-order valence-electron chi connectivity index (χ4n) is 4.00. The van der Waals surface area contributed by atoms with E-state index in [0.29, 0.717) is 12.0 Å². The fourth-order valence-corrected chi connectivity index (χ4v) is 4.00. The lowest BCUT2D eigenvalue weighted by atomic mass is 9.52. The van der Waals surface area contributed by atoms with Crippen LogP contribution in [0.2, 0.25) is 0 Å². The minimum Gasteiger partial charge on any atom is -0.481 e. The molecule has 3 heteroatoms. The maximum Gasteiger partial charge on any atom is 0.215 e. The molecule has 0 atom stereocenters. The number of hydrogen-bond donors (Lipinski definition) is 1. The lowest BCUT2D eigenvalue weighted by molar-refractivity contribution is -0.00702. The predicted molar refractivity (Wildman–Crippen MR) is 74.4 cm³/mol. The molecule has 1 aromatic rings. The third kappa shape index (κ3) is 1.95. The van der Waals surface area contributed by atoms with Gasteiger partial charge < -0.3 is 9.84 Å². The van der Waals surface area contributed by atoms with Gasteiger partial charge in [0.25, 0.3) is 0 Å². The molecule has 19 heavy (non-hydrogen) atoms. The maximum absolute atomic E-state index is 9.60. The van der Waals surface area contributed by atoms with Gasteiger partial charge in [-0.3, -0.25) is 0 Å².